The molecule has 0 aromatic rings. The molecule has 0 aromatic heterocycles. The molecule has 9 nitrogen and oxygen atoms in total. The molecule has 0 aromatic carbocycles. The van der Waals surface area contributed by atoms with Crippen molar-refractivity contribution in [2.45, 2.75) is 262 Å². The van der Waals surface area contributed by atoms with Crippen molar-refractivity contribution in [3.05, 3.63) is 134 Å². The van der Waals surface area contributed by atoms with E-state index in [0.717, 1.165) is 96.3 Å². The zero-order valence-electron chi connectivity index (χ0n) is 47.2. The van der Waals surface area contributed by atoms with E-state index in [1.165, 1.54) is 103 Å². The molecule has 75 heavy (non-hydrogen) atoms. The first-order chi connectivity index (χ1) is 36.8. The zero-order valence-corrected chi connectivity index (χ0v) is 47.2. The van der Waals surface area contributed by atoms with Crippen molar-refractivity contribution in [3.63, 3.8) is 0 Å². The van der Waals surface area contributed by atoms with E-state index in [1.807, 2.05) is 6.08 Å². The number of nitrogens with one attached hydrogen (secondary N) is 1. The average molecular weight is 1040 g/mol. The highest BCUT2D eigenvalue weighted by atomic mass is 16.7. The van der Waals surface area contributed by atoms with E-state index in [2.05, 4.69) is 141 Å². The average Bonchev–Trinajstić information content (AvgIpc) is 3.41. The van der Waals surface area contributed by atoms with Crippen LogP contribution in [0.15, 0.2) is 134 Å². The molecule has 426 valence electrons. The number of hydrogen-bond acceptors (Lipinski definition) is 8. The van der Waals surface area contributed by atoms with Gasteiger partial charge in [0, 0.05) is 6.42 Å². The van der Waals surface area contributed by atoms with E-state index in [9.17, 15) is 30.3 Å². The summed E-state index contributed by atoms with van der Waals surface area (Å²) < 4.78 is 11.2. The van der Waals surface area contributed by atoms with Crippen molar-refractivity contribution >= 4 is 5.91 Å². The Kier molecular flexibility index (Phi) is 49.7. The molecule has 9 heteroatoms. The molecule has 1 rings (SSSR count). The third-order valence-electron chi connectivity index (χ3n) is 13.2. The molecule has 7 atom stereocenters. The van der Waals surface area contributed by atoms with Crippen LogP contribution in [0.25, 0.3) is 0 Å². The molecule has 0 bridgehead atoms. The second kappa shape index (κ2) is 53.7. The first-order valence-electron chi connectivity index (χ1n) is 29.9. The topological polar surface area (TPSA) is 149 Å². The van der Waals surface area contributed by atoms with E-state index in [4.69, 9.17) is 9.47 Å². The highest BCUT2D eigenvalue weighted by Gasteiger charge is 2.44. The van der Waals surface area contributed by atoms with Crippen LogP contribution in [0, 0.1) is 0 Å². The molecule has 1 fully saturated rings. The lowest BCUT2D eigenvalue weighted by Gasteiger charge is -2.40. The van der Waals surface area contributed by atoms with Crippen molar-refractivity contribution in [3.8, 4) is 0 Å². The van der Waals surface area contributed by atoms with Crippen LogP contribution in [-0.2, 0) is 14.3 Å². The molecule has 1 amide bonds. The van der Waals surface area contributed by atoms with Gasteiger partial charge in [-0.25, -0.2) is 0 Å². The van der Waals surface area contributed by atoms with E-state index in [1.54, 1.807) is 6.08 Å². The normalized spacial score (nSPS) is 19.9. The van der Waals surface area contributed by atoms with Gasteiger partial charge in [0.05, 0.1) is 25.4 Å². The molecule has 0 spiro atoms. The predicted octanol–water partition coefficient (Wildman–Crippen LogP) is 15.3. The monoisotopic (exact) mass is 1040 g/mol. The van der Waals surface area contributed by atoms with Crippen molar-refractivity contribution < 1.29 is 39.8 Å². The summed E-state index contributed by atoms with van der Waals surface area (Å²) in [7, 11) is 0. The van der Waals surface area contributed by atoms with E-state index in [-0.39, 0.29) is 12.5 Å². The minimum atomic E-state index is -1.58. The van der Waals surface area contributed by atoms with Crippen LogP contribution in [0.4, 0.5) is 0 Å². The number of allylic oxidation sites excluding steroid dienone is 21. The number of rotatable bonds is 49. The fourth-order valence-corrected chi connectivity index (χ4v) is 8.52. The first kappa shape index (κ1) is 69.3. The smallest absolute Gasteiger partial charge is 0.220 e. The van der Waals surface area contributed by atoms with Crippen LogP contribution in [0.1, 0.15) is 219 Å². The lowest BCUT2D eigenvalue weighted by molar-refractivity contribution is -0.302. The molecular weight excluding hydrogens is 935 g/mol. The summed E-state index contributed by atoms with van der Waals surface area (Å²) in [6.45, 7) is 3.60. The Hall–Kier alpha value is -3.67. The Morgan fingerprint density at radius 1 is 0.467 bits per heavy atom. The number of amides is 1. The molecular formula is C66H109NO8. The summed E-state index contributed by atoms with van der Waals surface area (Å²) >= 11 is 0. The fraction of sp³-hybridized carbons (Fsp3) is 0.652. The molecule has 1 aliphatic rings. The zero-order chi connectivity index (χ0) is 54.3. The number of aliphatic hydroxyl groups is 5. The van der Waals surface area contributed by atoms with Gasteiger partial charge in [-0.2, -0.15) is 0 Å². The Morgan fingerprint density at radius 3 is 1.28 bits per heavy atom. The van der Waals surface area contributed by atoms with Crippen molar-refractivity contribution in [2.75, 3.05) is 13.2 Å². The number of aliphatic hydroxyl groups excluding tert-OH is 5. The van der Waals surface area contributed by atoms with E-state index in [0.29, 0.717) is 6.42 Å². The number of ether oxygens (including phenoxy) is 2. The van der Waals surface area contributed by atoms with Crippen molar-refractivity contribution in [1.29, 1.82) is 0 Å². The highest BCUT2D eigenvalue weighted by molar-refractivity contribution is 5.76. The van der Waals surface area contributed by atoms with Gasteiger partial charge in [-0.1, -0.05) is 244 Å². The van der Waals surface area contributed by atoms with Gasteiger partial charge in [0.25, 0.3) is 0 Å². The quantitative estimate of drug-likeness (QED) is 0.0261. The summed E-state index contributed by atoms with van der Waals surface area (Å²) in [5.41, 5.74) is 0. The summed E-state index contributed by atoms with van der Waals surface area (Å²) in [5, 5.41) is 54.3. The van der Waals surface area contributed by atoms with Crippen LogP contribution in [0.2, 0.25) is 0 Å². The lowest BCUT2D eigenvalue weighted by Crippen LogP contribution is -2.60. The molecule has 1 aliphatic heterocycles. The summed E-state index contributed by atoms with van der Waals surface area (Å²) in [6.07, 6.45) is 75.4. The standard InChI is InChI=1S/C66H109NO8/c1-3-5-7-9-11-13-15-16-17-18-19-20-21-22-23-24-25-26-27-28-29-30-31-32-33-34-35-36-37-38-39-40-41-42-43-44-46-48-50-52-54-56-62(70)67-59(58-74-66-65(73)64(72)63(71)61(57-68)75-66)60(69)55-53-51-49-47-45-14-12-10-8-6-4-2/h5,7,11,13,16-17,19-20,22-23,25-26,28-29,31-32,34-35,45,47,53,55,59-61,63-66,68-69,71-73H,3-4,6,8-10,12,14-15,18,21,24,27,30,33,36-44,46,48-52,54,56-58H2,1-2H3,(H,67,70)/b7-5-,13-11-,17-16-,20-19-,23-22-,26-25-,29-28-,32-31-,35-34-,47-45+,55-53+. The van der Waals surface area contributed by atoms with Gasteiger partial charge in [-0.3, -0.25) is 4.79 Å². The molecule has 1 saturated heterocycles. The maximum atomic E-state index is 13.0. The molecule has 7 unspecified atom stereocenters. The van der Waals surface area contributed by atoms with Gasteiger partial charge in [0.15, 0.2) is 6.29 Å². The minimum Gasteiger partial charge on any atom is -0.394 e. The van der Waals surface area contributed by atoms with Gasteiger partial charge < -0.3 is 40.3 Å². The van der Waals surface area contributed by atoms with Gasteiger partial charge in [0.1, 0.15) is 24.4 Å². The Labute approximate surface area is 458 Å². The first-order valence-corrected chi connectivity index (χ1v) is 29.9. The lowest BCUT2D eigenvalue weighted by atomic mass is 9.99. The fourth-order valence-electron chi connectivity index (χ4n) is 8.52. The Balaban J connectivity index is 2.10. The molecule has 0 radical (unpaired) electrons. The number of carbonyl (C=O) groups is 1. The maximum Gasteiger partial charge on any atom is 0.220 e. The third kappa shape index (κ3) is 43.1. The van der Waals surface area contributed by atoms with Crippen LogP contribution in [0.3, 0.4) is 0 Å². The van der Waals surface area contributed by atoms with Crippen LogP contribution >= 0.6 is 0 Å². The summed E-state index contributed by atoms with van der Waals surface area (Å²) in [6, 6.07) is -0.828. The van der Waals surface area contributed by atoms with Crippen molar-refractivity contribution in [2.24, 2.45) is 0 Å². The van der Waals surface area contributed by atoms with Crippen molar-refractivity contribution in [1.82, 2.24) is 5.32 Å². The second-order valence-corrected chi connectivity index (χ2v) is 20.0. The minimum absolute atomic E-state index is 0.195. The van der Waals surface area contributed by atoms with Crippen LogP contribution in [0.5, 0.6) is 0 Å². The van der Waals surface area contributed by atoms with Crippen LogP contribution in [-0.4, -0.2) is 87.5 Å². The predicted molar refractivity (Wildman–Crippen MR) is 317 cm³/mol. The number of hydrogen-bond donors (Lipinski definition) is 6. The summed E-state index contributed by atoms with van der Waals surface area (Å²) in [4.78, 5) is 13.0. The van der Waals surface area contributed by atoms with Gasteiger partial charge >= 0.3 is 0 Å². The van der Waals surface area contributed by atoms with Gasteiger partial charge in [0.2, 0.25) is 5.91 Å². The van der Waals surface area contributed by atoms with Crippen LogP contribution < -0.4 is 5.32 Å². The Bertz CT molecular complexity index is 1640. The Morgan fingerprint density at radius 2 is 0.840 bits per heavy atom. The summed E-state index contributed by atoms with van der Waals surface area (Å²) in [5.74, 6) is -0.195. The second-order valence-electron chi connectivity index (χ2n) is 20.0. The highest BCUT2D eigenvalue weighted by Crippen LogP contribution is 2.23. The van der Waals surface area contributed by atoms with E-state index < -0.39 is 49.5 Å². The molecule has 1 heterocycles. The third-order valence-corrected chi connectivity index (χ3v) is 13.2. The molecule has 6 N–H and O–H groups in total. The molecule has 0 aliphatic carbocycles. The largest absolute Gasteiger partial charge is 0.394 e. The molecule has 0 saturated carbocycles. The van der Waals surface area contributed by atoms with E-state index >= 15 is 0 Å². The number of unbranched alkanes of at least 4 members (excludes halogenated alkanes) is 19. The SMILES string of the molecule is CC/C=C\C/C=C\C/C=C\C/C=C\C/C=C\C/C=C\C/C=C\C/C=C\C/C=C\CCCCCCCCCCCCCCCC(=O)NC(COC1OC(CO)C(O)C(O)C1O)C(O)/C=C/CC/C=C/CCCCCCC. The van der Waals surface area contributed by atoms with Gasteiger partial charge in [-0.15, -0.1) is 0 Å². The maximum absolute atomic E-state index is 13.0. The van der Waals surface area contributed by atoms with Gasteiger partial charge in [-0.05, 0) is 103 Å². The number of carbonyl (C=O) groups excluding carboxylic acids is 1.